The summed E-state index contributed by atoms with van der Waals surface area (Å²) in [5.41, 5.74) is 3.62. The van der Waals surface area contributed by atoms with Crippen LogP contribution in [0.2, 0.25) is 0 Å². The molecule has 2 aromatic rings. The summed E-state index contributed by atoms with van der Waals surface area (Å²) < 4.78 is 5.29. The molecule has 2 atom stereocenters. The Labute approximate surface area is 202 Å². The van der Waals surface area contributed by atoms with Crippen LogP contribution < -0.4 is 10.6 Å². The zero-order valence-corrected chi connectivity index (χ0v) is 21.5. The van der Waals surface area contributed by atoms with Gasteiger partial charge in [0, 0.05) is 12.2 Å². The number of para-hydroxylation sites is 1. The fourth-order valence-electron chi connectivity index (χ4n) is 3.76. The van der Waals surface area contributed by atoms with E-state index in [2.05, 4.69) is 10.6 Å². The topological polar surface area (TPSA) is 87.7 Å². The van der Waals surface area contributed by atoms with Gasteiger partial charge >= 0.3 is 6.09 Å². The average molecular weight is 468 g/mol. The molecule has 0 aliphatic carbocycles. The summed E-state index contributed by atoms with van der Waals surface area (Å²) >= 11 is 0. The minimum Gasteiger partial charge on any atom is -0.444 e. The molecule has 0 aromatic heterocycles. The lowest BCUT2D eigenvalue weighted by Gasteiger charge is -2.33. The first-order chi connectivity index (χ1) is 15.8. The largest absolute Gasteiger partial charge is 0.444 e. The van der Waals surface area contributed by atoms with Gasteiger partial charge in [-0.2, -0.15) is 0 Å². The number of benzene rings is 2. The normalized spacial score (nSPS) is 12.9. The molecule has 2 N–H and O–H groups in total. The van der Waals surface area contributed by atoms with Gasteiger partial charge in [-0.05, 0) is 78.1 Å². The fourth-order valence-corrected chi connectivity index (χ4v) is 3.76. The molecular weight excluding hydrogens is 430 g/mol. The number of likely N-dealkylation sites (N-methyl/N-ethyl adjacent to an activating group) is 1. The van der Waals surface area contributed by atoms with Gasteiger partial charge in [-0.15, -0.1) is 0 Å². The molecular formula is C27H37N3O4. The third kappa shape index (κ3) is 7.07. The Hall–Kier alpha value is -3.35. The minimum atomic E-state index is -0.880. The van der Waals surface area contributed by atoms with Crippen LogP contribution in [0.5, 0.6) is 0 Å². The molecule has 0 heterocycles. The smallest absolute Gasteiger partial charge is 0.408 e. The first-order valence-corrected chi connectivity index (χ1v) is 11.6. The molecule has 184 valence electrons. The summed E-state index contributed by atoms with van der Waals surface area (Å²) in [6.07, 6.45) is -0.683. The zero-order valence-electron chi connectivity index (χ0n) is 21.5. The van der Waals surface area contributed by atoms with Crippen molar-refractivity contribution in [3.8, 4) is 0 Å². The van der Waals surface area contributed by atoms with Crippen molar-refractivity contribution in [2.24, 2.45) is 0 Å². The number of hydrogen-bond acceptors (Lipinski definition) is 4. The van der Waals surface area contributed by atoms with Crippen LogP contribution in [0.3, 0.4) is 0 Å². The number of rotatable bonds is 7. The predicted molar refractivity (Wildman–Crippen MR) is 135 cm³/mol. The third-order valence-electron chi connectivity index (χ3n) is 5.41. The van der Waals surface area contributed by atoms with Crippen molar-refractivity contribution in [1.82, 2.24) is 10.2 Å². The monoisotopic (exact) mass is 467 g/mol. The second kappa shape index (κ2) is 11.2. The number of amides is 3. The van der Waals surface area contributed by atoms with Crippen LogP contribution in [-0.2, 0) is 14.3 Å². The zero-order chi connectivity index (χ0) is 25.6. The molecule has 7 nitrogen and oxygen atoms in total. The van der Waals surface area contributed by atoms with Gasteiger partial charge in [0.2, 0.25) is 5.91 Å². The molecule has 0 fully saturated rings. The van der Waals surface area contributed by atoms with E-state index in [1.807, 2.05) is 70.2 Å². The van der Waals surface area contributed by atoms with Gasteiger partial charge in [-0.3, -0.25) is 9.59 Å². The van der Waals surface area contributed by atoms with Crippen LogP contribution in [0.15, 0.2) is 42.5 Å². The molecule has 0 saturated carbocycles. The van der Waals surface area contributed by atoms with E-state index in [0.29, 0.717) is 5.69 Å². The van der Waals surface area contributed by atoms with Crippen LogP contribution in [0, 0.1) is 20.8 Å². The maximum atomic E-state index is 13.6. The quantitative estimate of drug-likeness (QED) is 0.596. The van der Waals surface area contributed by atoms with E-state index in [0.717, 1.165) is 22.3 Å². The SMILES string of the molecule is CCN(C(=O)C(C)NC(=O)OC(C)(C)C)C(C(=O)Nc1ccccc1C)c1ccc(C)cc1C. The number of nitrogens with one attached hydrogen (secondary N) is 2. The van der Waals surface area contributed by atoms with Crippen molar-refractivity contribution in [3.05, 3.63) is 64.7 Å². The van der Waals surface area contributed by atoms with Gasteiger partial charge in [0.25, 0.3) is 5.91 Å². The Balaban J connectivity index is 2.40. The van der Waals surface area contributed by atoms with Gasteiger partial charge in [0.15, 0.2) is 0 Å². The van der Waals surface area contributed by atoms with Crippen molar-refractivity contribution in [3.63, 3.8) is 0 Å². The van der Waals surface area contributed by atoms with Crippen molar-refractivity contribution < 1.29 is 19.1 Å². The summed E-state index contributed by atoms with van der Waals surface area (Å²) in [5.74, 6) is -0.695. The molecule has 0 radical (unpaired) electrons. The van der Waals surface area contributed by atoms with E-state index in [-0.39, 0.29) is 18.4 Å². The van der Waals surface area contributed by atoms with Gasteiger partial charge in [0.05, 0.1) is 0 Å². The molecule has 34 heavy (non-hydrogen) atoms. The van der Waals surface area contributed by atoms with E-state index in [1.165, 1.54) is 4.90 Å². The Kier molecular flexibility index (Phi) is 8.85. The molecule has 0 aliphatic rings. The standard InChI is InChI=1S/C27H37N3O4/c1-9-30(25(32)20(5)28-26(33)34-27(6,7)8)23(21-15-14-17(2)16-19(21)4)24(31)29-22-13-11-10-12-18(22)3/h10-16,20,23H,9H2,1-8H3,(H,28,33)(H,29,31). The Bertz CT molecular complexity index is 1040. The lowest BCUT2D eigenvalue weighted by atomic mass is 9.96. The number of ether oxygens (including phenoxy) is 1. The van der Waals surface area contributed by atoms with Gasteiger partial charge in [0.1, 0.15) is 17.7 Å². The summed E-state index contributed by atoms with van der Waals surface area (Å²) in [4.78, 5) is 40.8. The predicted octanol–water partition coefficient (Wildman–Crippen LogP) is 5.05. The Morgan fingerprint density at radius 3 is 2.21 bits per heavy atom. The van der Waals surface area contributed by atoms with E-state index < -0.39 is 23.8 Å². The summed E-state index contributed by atoms with van der Waals surface area (Å²) in [6.45, 7) is 14.8. The van der Waals surface area contributed by atoms with Crippen LogP contribution >= 0.6 is 0 Å². The van der Waals surface area contributed by atoms with Crippen molar-refractivity contribution in [2.45, 2.75) is 73.1 Å². The van der Waals surface area contributed by atoms with E-state index in [4.69, 9.17) is 4.74 Å². The number of alkyl carbamates (subject to hydrolysis) is 1. The molecule has 7 heteroatoms. The van der Waals surface area contributed by atoms with Crippen molar-refractivity contribution in [1.29, 1.82) is 0 Å². The average Bonchev–Trinajstić information content (AvgIpc) is 2.72. The van der Waals surface area contributed by atoms with E-state index in [9.17, 15) is 14.4 Å². The molecule has 0 saturated heterocycles. The van der Waals surface area contributed by atoms with Crippen LogP contribution in [0.4, 0.5) is 10.5 Å². The lowest BCUT2D eigenvalue weighted by Crippen LogP contribution is -2.51. The second-order valence-corrected chi connectivity index (χ2v) is 9.56. The highest BCUT2D eigenvalue weighted by Crippen LogP contribution is 2.28. The highest BCUT2D eigenvalue weighted by molar-refractivity contribution is 5.99. The van der Waals surface area contributed by atoms with Crippen LogP contribution in [0.25, 0.3) is 0 Å². The molecule has 0 aliphatic heterocycles. The molecule has 2 aromatic carbocycles. The summed E-state index contributed by atoms with van der Waals surface area (Å²) in [5, 5.41) is 5.58. The number of nitrogens with zero attached hydrogens (tertiary/aromatic N) is 1. The number of aryl methyl sites for hydroxylation is 3. The number of hydrogen-bond donors (Lipinski definition) is 2. The van der Waals surface area contributed by atoms with E-state index >= 15 is 0 Å². The first kappa shape index (κ1) is 26.9. The highest BCUT2D eigenvalue weighted by atomic mass is 16.6. The first-order valence-electron chi connectivity index (χ1n) is 11.6. The minimum absolute atomic E-state index is 0.276. The number of carbonyl (C=O) groups is 3. The molecule has 0 bridgehead atoms. The Morgan fingerprint density at radius 2 is 1.65 bits per heavy atom. The maximum absolute atomic E-state index is 13.6. The Morgan fingerprint density at radius 1 is 1.00 bits per heavy atom. The van der Waals surface area contributed by atoms with Crippen LogP contribution in [-0.4, -0.2) is 41.0 Å². The fraction of sp³-hybridized carbons (Fsp3) is 0.444. The summed E-state index contributed by atoms with van der Waals surface area (Å²) in [6, 6.07) is 11.5. The second-order valence-electron chi connectivity index (χ2n) is 9.56. The van der Waals surface area contributed by atoms with Crippen molar-refractivity contribution in [2.75, 3.05) is 11.9 Å². The summed E-state index contributed by atoms with van der Waals surface area (Å²) in [7, 11) is 0. The number of carbonyl (C=O) groups excluding carboxylic acids is 3. The van der Waals surface area contributed by atoms with Crippen molar-refractivity contribution >= 4 is 23.6 Å². The molecule has 2 unspecified atom stereocenters. The highest BCUT2D eigenvalue weighted by Gasteiger charge is 2.34. The molecule has 3 amide bonds. The maximum Gasteiger partial charge on any atom is 0.408 e. The van der Waals surface area contributed by atoms with Crippen LogP contribution in [0.1, 0.15) is 62.9 Å². The molecule has 2 rings (SSSR count). The number of anilines is 1. The molecule has 0 spiro atoms. The third-order valence-corrected chi connectivity index (χ3v) is 5.41. The van der Waals surface area contributed by atoms with Gasteiger partial charge in [-0.25, -0.2) is 4.79 Å². The lowest BCUT2D eigenvalue weighted by molar-refractivity contribution is -0.140. The van der Waals surface area contributed by atoms with Gasteiger partial charge < -0.3 is 20.3 Å². The van der Waals surface area contributed by atoms with Gasteiger partial charge in [-0.1, -0.05) is 42.0 Å². The van der Waals surface area contributed by atoms with E-state index in [1.54, 1.807) is 27.7 Å².